The van der Waals surface area contributed by atoms with Gasteiger partial charge in [0.2, 0.25) is 0 Å². The Hall–Kier alpha value is -0.410. The summed E-state index contributed by atoms with van der Waals surface area (Å²) in [6.45, 7) is 6.86. The molecule has 1 N–H and O–H groups in total. The molecule has 0 unspecified atom stereocenters. The molecule has 0 aromatic heterocycles. The molecular formula is C12H25NO2. The maximum Gasteiger partial charge on any atom is 0.129 e. The molecule has 90 valence electrons. The van der Waals surface area contributed by atoms with Gasteiger partial charge in [-0.1, -0.05) is 6.42 Å². The van der Waals surface area contributed by atoms with Gasteiger partial charge in [-0.25, -0.2) is 0 Å². The van der Waals surface area contributed by atoms with E-state index in [0.717, 1.165) is 25.8 Å². The molecule has 0 aliphatic heterocycles. The van der Waals surface area contributed by atoms with Crippen molar-refractivity contribution in [2.75, 3.05) is 20.2 Å². The molecule has 0 bridgehead atoms. The summed E-state index contributed by atoms with van der Waals surface area (Å²) in [6.07, 6.45) is 3.87. The molecule has 15 heavy (non-hydrogen) atoms. The van der Waals surface area contributed by atoms with Crippen LogP contribution in [0.4, 0.5) is 0 Å². The number of hydrogen-bond acceptors (Lipinski definition) is 3. The fraction of sp³-hybridized carbons (Fsp3) is 0.917. The maximum absolute atomic E-state index is 10.7. The summed E-state index contributed by atoms with van der Waals surface area (Å²) < 4.78 is 0. The third kappa shape index (κ3) is 6.63. The standard InChI is InChI=1S/C12H25NO2/c1-11(15)8-6-5-7-9-13(4)12(2,3)10-14/h14H,5-10H2,1-4H3. The summed E-state index contributed by atoms with van der Waals surface area (Å²) in [4.78, 5) is 12.9. The van der Waals surface area contributed by atoms with Gasteiger partial charge in [-0.05, 0) is 47.2 Å². The molecule has 0 spiro atoms. The fourth-order valence-electron chi connectivity index (χ4n) is 1.32. The minimum Gasteiger partial charge on any atom is -0.394 e. The van der Waals surface area contributed by atoms with E-state index in [1.807, 2.05) is 20.9 Å². The number of aliphatic hydroxyl groups is 1. The Kier molecular flexibility index (Phi) is 6.77. The Morgan fingerprint density at radius 2 is 1.87 bits per heavy atom. The first kappa shape index (κ1) is 14.6. The molecule has 0 saturated heterocycles. The number of aliphatic hydroxyl groups excluding tert-OH is 1. The van der Waals surface area contributed by atoms with Crippen LogP contribution in [-0.4, -0.2) is 41.5 Å². The normalized spacial score (nSPS) is 12.1. The third-order valence-corrected chi connectivity index (χ3v) is 2.94. The predicted octanol–water partition coefficient (Wildman–Crippen LogP) is 1.84. The molecular weight excluding hydrogens is 190 g/mol. The van der Waals surface area contributed by atoms with Gasteiger partial charge in [0.15, 0.2) is 0 Å². The molecule has 0 atom stereocenters. The van der Waals surface area contributed by atoms with Gasteiger partial charge in [0.25, 0.3) is 0 Å². The molecule has 0 heterocycles. The van der Waals surface area contributed by atoms with Crippen LogP contribution in [0.15, 0.2) is 0 Å². The lowest BCUT2D eigenvalue weighted by Gasteiger charge is -2.33. The number of unbranched alkanes of at least 4 members (excludes halogenated alkanes) is 2. The quantitative estimate of drug-likeness (QED) is 0.628. The number of carbonyl (C=O) groups excluding carboxylic acids is 1. The van der Waals surface area contributed by atoms with E-state index >= 15 is 0 Å². The number of Topliss-reactive ketones (excluding diaryl/α,β-unsaturated/α-hetero) is 1. The average Bonchev–Trinajstić information content (AvgIpc) is 2.16. The molecule has 0 rings (SSSR count). The molecule has 3 nitrogen and oxygen atoms in total. The van der Waals surface area contributed by atoms with Crippen molar-refractivity contribution in [3.05, 3.63) is 0 Å². The minimum absolute atomic E-state index is 0.138. The van der Waals surface area contributed by atoms with E-state index < -0.39 is 0 Å². The van der Waals surface area contributed by atoms with Crippen molar-refractivity contribution >= 4 is 5.78 Å². The number of likely N-dealkylation sites (N-methyl/N-ethyl adjacent to an activating group) is 1. The predicted molar refractivity (Wildman–Crippen MR) is 62.9 cm³/mol. The molecule has 0 aliphatic carbocycles. The van der Waals surface area contributed by atoms with Gasteiger partial charge < -0.3 is 9.90 Å². The van der Waals surface area contributed by atoms with Crippen LogP contribution in [0.2, 0.25) is 0 Å². The van der Waals surface area contributed by atoms with E-state index in [1.54, 1.807) is 6.92 Å². The number of rotatable bonds is 8. The number of ketones is 1. The lowest BCUT2D eigenvalue weighted by molar-refractivity contribution is -0.117. The molecule has 0 aromatic rings. The Bertz CT molecular complexity index is 190. The summed E-state index contributed by atoms with van der Waals surface area (Å²) in [5.41, 5.74) is -0.138. The smallest absolute Gasteiger partial charge is 0.129 e. The summed E-state index contributed by atoms with van der Waals surface area (Å²) in [5, 5.41) is 9.15. The van der Waals surface area contributed by atoms with E-state index in [1.165, 1.54) is 0 Å². The van der Waals surface area contributed by atoms with Crippen LogP contribution in [0, 0.1) is 0 Å². The molecule has 3 heteroatoms. The van der Waals surface area contributed by atoms with Gasteiger partial charge in [-0.3, -0.25) is 4.90 Å². The summed E-state index contributed by atoms with van der Waals surface area (Å²) >= 11 is 0. The van der Waals surface area contributed by atoms with Gasteiger partial charge in [-0.2, -0.15) is 0 Å². The number of carbonyl (C=O) groups is 1. The fourth-order valence-corrected chi connectivity index (χ4v) is 1.32. The first-order valence-corrected chi connectivity index (χ1v) is 5.71. The molecule has 0 aliphatic rings. The van der Waals surface area contributed by atoms with E-state index in [4.69, 9.17) is 5.11 Å². The highest BCUT2D eigenvalue weighted by Gasteiger charge is 2.21. The SMILES string of the molecule is CC(=O)CCCCCN(C)C(C)(C)CO. The summed E-state index contributed by atoms with van der Waals surface area (Å²) in [6, 6.07) is 0. The zero-order valence-electron chi connectivity index (χ0n) is 10.5. The first-order chi connectivity index (χ1) is 6.90. The Morgan fingerprint density at radius 3 is 2.33 bits per heavy atom. The van der Waals surface area contributed by atoms with Crippen molar-refractivity contribution in [1.82, 2.24) is 4.90 Å². The van der Waals surface area contributed by atoms with Crippen molar-refractivity contribution in [1.29, 1.82) is 0 Å². The molecule has 0 radical (unpaired) electrons. The van der Waals surface area contributed by atoms with Gasteiger partial charge in [0.05, 0.1) is 6.61 Å². The van der Waals surface area contributed by atoms with E-state index in [-0.39, 0.29) is 17.9 Å². The number of hydrogen-bond donors (Lipinski definition) is 1. The molecule has 0 amide bonds. The van der Waals surface area contributed by atoms with E-state index in [2.05, 4.69) is 4.90 Å². The first-order valence-electron chi connectivity index (χ1n) is 5.71. The molecule has 0 aromatic carbocycles. The Balaban J connectivity index is 3.55. The van der Waals surface area contributed by atoms with E-state index in [9.17, 15) is 4.79 Å². The molecule has 0 fully saturated rings. The van der Waals surface area contributed by atoms with Crippen molar-refractivity contribution in [3.8, 4) is 0 Å². The van der Waals surface area contributed by atoms with Crippen LogP contribution in [0.5, 0.6) is 0 Å². The second-order valence-corrected chi connectivity index (χ2v) is 4.90. The average molecular weight is 215 g/mol. The minimum atomic E-state index is -0.138. The zero-order valence-corrected chi connectivity index (χ0v) is 10.5. The Morgan fingerprint density at radius 1 is 1.27 bits per heavy atom. The van der Waals surface area contributed by atoms with Crippen molar-refractivity contribution in [2.24, 2.45) is 0 Å². The summed E-state index contributed by atoms with van der Waals surface area (Å²) in [7, 11) is 2.03. The lowest BCUT2D eigenvalue weighted by atomic mass is 10.0. The second kappa shape index (κ2) is 6.96. The van der Waals surface area contributed by atoms with Crippen LogP contribution >= 0.6 is 0 Å². The van der Waals surface area contributed by atoms with Gasteiger partial charge in [-0.15, -0.1) is 0 Å². The van der Waals surface area contributed by atoms with Crippen LogP contribution in [0.3, 0.4) is 0 Å². The molecule has 0 saturated carbocycles. The highest BCUT2D eigenvalue weighted by Crippen LogP contribution is 2.12. The monoisotopic (exact) mass is 215 g/mol. The van der Waals surface area contributed by atoms with Crippen molar-refractivity contribution < 1.29 is 9.90 Å². The van der Waals surface area contributed by atoms with Crippen LogP contribution < -0.4 is 0 Å². The summed E-state index contributed by atoms with van der Waals surface area (Å²) in [5.74, 6) is 0.277. The zero-order chi connectivity index (χ0) is 11.9. The van der Waals surface area contributed by atoms with E-state index in [0.29, 0.717) is 6.42 Å². The van der Waals surface area contributed by atoms with Gasteiger partial charge in [0.1, 0.15) is 5.78 Å². The Labute approximate surface area is 93.5 Å². The topological polar surface area (TPSA) is 40.5 Å². The lowest BCUT2D eigenvalue weighted by Crippen LogP contribution is -2.44. The van der Waals surface area contributed by atoms with Gasteiger partial charge in [0, 0.05) is 12.0 Å². The van der Waals surface area contributed by atoms with Crippen LogP contribution in [-0.2, 0) is 4.79 Å². The third-order valence-electron chi connectivity index (χ3n) is 2.94. The van der Waals surface area contributed by atoms with Gasteiger partial charge >= 0.3 is 0 Å². The second-order valence-electron chi connectivity index (χ2n) is 4.90. The maximum atomic E-state index is 10.7. The van der Waals surface area contributed by atoms with Crippen LogP contribution in [0.1, 0.15) is 46.5 Å². The van der Waals surface area contributed by atoms with Crippen molar-refractivity contribution in [2.45, 2.75) is 52.0 Å². The number of nitrogens with zero attached hydrogens (tertiary/aromatic N) is 1. The largest absolute Gasteiger partial charge is 0.394 e. The van der Waals surface area contributed by atoms with Crippen molar-refractivity contribution in [3.63, 3.8) is 0 Å². The van der Waals surface area contributed by atoms with Crippen LogP contribution in [0.25, 0.3) is 0 Å². The highest BCUT2D eigenvalue weighted by molar-refractivity contribution is 5.75. The highest BCUT2D eigenvalue weighted by atomic mass is 16.3.